The van der Waals surface area contributed by atoms with Gasteiger partial charge in [0.1, 0.15) is 23.4 Å². The van der Waals surface area contributed by atoms with Crippen LogP contribution in [0.3, 0.4) is 0 Å². The van der Waals surface area contributed by atoms with E-state index in [-0.39, 0.29) is 28.5 Å². The SMILES string of the molecule is COc1cc(Oc2ccc(C#N)c(F)c2)c(F)cc1N. The Labute approximate surface area is 114 Å². The minimum Gasteiger partial charge on any atom is -0.494 e. The Morgan fingerprint density at radius 3 is 2.45 bits per heavy atom. The van der Waals surface area contributed by atoms with Gasteiger partial charge in [-0.2, -0.15) is 5.26 Å². The summed E-state index contributed by atoms with van der Waals surface area (Å²) in [5.41, 5.74) is 5.55. The first-order valence-corrected chi connectivity index (χ1v) is 5.55. The lowest BCUT2D eigenvalue weighted by Gasteiger charge is -2.10. The van der Waals surface area contributed by atoms with Gasteiger partial charge in [0.15, 0.2) is 11.6 Å². The normalized spacial score (nSPS) is 9.90. The molecular formula is C14H10F2N2O2. The van der Waals surface area contributed by atoms with E-state index in [4.69, 9.17) is 20.5 Å². The van der Waals surface area contributed by atoms with Crippen LogP contribution in [-0.2, 0) is 0 Å². The van der Waals surface area contributed by atoms with Crippen LogP contribution in [0.4, 0.5) is 14.5 Å². The molecule has 0 fully saturated rings. The smallest absolute Gasteiger partial charge is 0.168 e. The molecule has 6 heteroatoms. The second-order valence-corrected chi connectivity index (χ2v) is 3.88. The Balaban J connectivity index is 2.35. The molecule has 102 valence electrons. The van der Waals surface area contributed by atoms with Gasteiger partial charge in [-0.3, -0.25) is 0 Å². The zero-order valence-corrected chi connectivity index (χ0v) is 10.5. The van der Waals surface area contributed by atoms with Gasteiger partial charge in [-0.05, 0) is 12.1 Å². The summed E-state index contributed by atoms with van der Waals surface area (Å²) >= 11 is 0. The molecule has 0 atom stereocenters. The number of nitrogen functional groups attached to an aromatic ring is 1. The van der Waals surface area contributed by atoms with E-state index in [1.54, 1.807) is 6.07 Å². The van der Waals surface area contributed by atoms with Crippen molar-refractivity contribution in [3.05, 3.63) is 47.5 Å². The third kappa shape index (κ3) is 2.62. The van der Waals surface area contributed by atoms with Gasteiger partial charge < -0.3 is 15.2 Å². The van der Waals surface area contributed by atoms with Gasteiger partial charge in [0.25, 0.3) is 0 Å². The van der Waals surface area contributed by atoms with E-state index in [1.807, 2.05) is 0 Å². The van der Waals surface area contributed by atoms with Crippen LogP contribution in [0.15, 0.2) is 30.3 Å². The molecule has 0 aliphatic rings. The number of nitriles is 1. The van der Waals surface area contributed by atoms with Gasteiger partial charge in [-0.25, -0.2) is 8.78 Å². The maximum Gasteiger partial charge on any atom is 0.168 e. The third-order valence-corrected chi connectivity index (χ3v) is 2.57. The Kier molecular flexibility index (Phi) is 3.71. The molecule has 20 heavy (non-hydrogen) atoms. The molecule has 0 radical (unpaired) electrons. The number of methoxy groups -OCH3 is 1. The molecular weight excluding hydrogens is 266 g/mol. The van der Waals surface area contributed by atoms with Crippen molar-refractivity contribution in [2.75, 3.05) is 12.8 Å². The molecule has 0 bridgehead atoms. The molecule has 0 saturated carbocycles. The molecule has 2 rings (SSSR count). The first-order chi connectivity index (χ1) is 9.55. The Hall–Kier alpha value is -2.81. The number of benzene rings is 2. The molecule has 2 aromatic rings. The fourth-order valence-electron chi connectivity index (χ4n) is 1.58. The van der Waals surface area contributed by atoms with Crippen molar-refractivity contribution in [3.63, 3.8) is 0 Å². The summed E-state index contributed by atoms with van der Waals surface area (Å²) in [5, 5.41) is 8.62. The molecule has 2 aromatic carbocycles. The number of anilines is 1. The van der Waals surface area contributed by atoms with Gasteiger partial charge in [-0.15, -0.1) is 0 Å². The highest BCUT2D eigenvalue weighted by Crippen LogP contribution is 2.33. The number of nitrogens with zero attached hydrogens (tertiary/aromatic N) is 1. The third-order valence-electron chi connectivity index (χ3n) is 2.57. The van der Waals surface area contributed by atoms with Crippen LogP contribution >= 0.6 is 0 Å². The molecule has 0 spiro atoms. The monoisotopic (exact) mass is 276 g/mol. The molecule has 0 aliphatic heterocycles. The largest absolute Gasteiger partial charge is 0.494 e. The molecule has 0 heterocycles. The van der Waals surface area contributed by atoms with Gasteiger partial charge >= 0.3 is 0 Å². The maximum atomic E-state index is 13.7. The number of ether oxygens (including phenoxy) is 2. The maximum absolute atomic E-state index is 13.7. The van der Waals surface area contributed by atoms with Crippen molar-refractivity contribution in [2.24, 2.45) is 0 Å². The van der Waals surface area contributed by atoms with E-state index in [9.17, 15) is 8.78 Å². The van der Waals surface area contributed by atoms with Crippen molar-refractivity contribution < 1.29 is 18.3 Å². The molecule has 0 amide bonds. The van der Waals surface area contributed by atoms with Crippen LogP contribution in [0, 0.1) is 23.0 Å². The van der Waals surface area contributed by atoms with E-state index in [1.165, 1.54) is 25.3 Å². The molecule has 2 N–H and O–H groups in total. The fraction of sp³-hybridized carbons (Fsp3) is 0.0714. The first kappa shape index (κ1) is 13.6. The molecule has 4 nitrogen and oxygen atoms in total. The molecule has 0 aromatic heterocycles. The number of nitrogens with two attached hydrogens (primary N) is 1. The van der Waals surface area contributed by atoms with Crippen LogP contribution in [0.25, 0.3) is 0 Å². The topological polar surface area (TPSA) is 68.3 Å². The quantitative estimate of drug-likeness (QED) is 0.874. The second kappa shape index (κ2) is 5.45. The van der Waals surface area contributed by atoms with Crippen LogP contribution in [0.1, 0.15) is 5.56 Å². The lowest BCUT2D eigenvalue weighted by molar-refractivity contribution is 0.402. The van der Waals surface area contributed by atoms with Gasteiger partial charge in [0.05, 0.1) is 18.4 Å². The summed E-state index contributed by atoms with van der Waals surface area (Å²) in [7, 11) is 1.38. The minimum absolute atomic E-state index is 0.0622. The van der Waals surface area contributed by atoms with Crippen LogP contribution < -0.4 is 15.2 Å². The van der Waals surface area contributed by atoms with Crippen LogP contribution in [0.2, 0.25) is 0 Å². The molecule has 0 unspecified atom stereocenters. The van der Waals surface area contributed by atoms with Crippen LogP contribution in [-0.4, -0.2) is 7.11 Å². The molecule has 0 aliphatic carbocycles. The van der Waals surface area contributed by atoms with Crippen molar-refractivity contribution >= 4 is 5.69 Å². The zero-order valence-electron chi connectivity index (χ0n) is 10.5. The number of halogens is 2. The summed E-state index contributed by atoms with van der Waals surface area (Å²) in [5.74, 6) is -1.29. The van der Waals surface area contributed by atoms with E-state index in [0.29, 0.717) is 0 Å². The fourth-order valence-corrected chi connectivity index (χ4v) is 1.58. The van der Waals surface area contributed by atoms with E-state index in [2.05, 4.69) is 0 Å². The van der Waals surface area contributed by atoms with Crippen molar-refractivity contribution in [2.45, 2.75) is 0 Å². The second-order valence-electron chi connectivity index (χ2n) is 3.88. The highest BCUT2D eigenvalue weighted by atomic mass is 19.1. The van der Waals surface area contributed by atoms with Gasteiger partial charge in [-0.1, -0.05) is 0 Å². The average molecular weight is 276 g/mol. The van der Waals surface area contributed by atoms with Gasteiger partial charge in [0.2, 0.25) is 0 Å². The van der Waals surface area contributed by atoms with Crippen molar-refractivity contribution in [1.82, 2.24) is 0 Å². The van der Waals surface area contributed by atoms with E-state index in [0.717, 1.165) is 12.1 Å². The zero-order chi connectivity index (χ0) is 14.7. The standard InChI is InChI=1S/C14H10F2N2O2/c1-19-14-6-13(11(16)5-12(14)18)20-9-3-2-8(7-17)10(15)4-9/h2-6H,18H2,1H3. The van der Waals surface area contributed by atoms with E-state index >= 15 is 0 Å². The van der Waals surface area contributed by atoms with E-state index < -0.39 is 11.6 Å². The summed E-state index contributed by atoms with van der Waals surface area (Å²) in [6, 6.07) is 7.61. The Morgan fingerprint density at radius 2 is 1.85 bits per heavy atom. The van der Waals surface area contributed by atoms with Crippen molar-refractivity contribution in [3.8, 4) is 23.3 Å². The van der Waals surface area contributed by atoms with Crippen molar-refractivity contribution in [1.29, 1.82) is 5.26 Å². The highest BCUT2D eigenvalue weighted by molar-refractivity contribution is 5.56. The predicted octanol–water partition coefficient (Wildman–Crippen LogP) is 3.22. The summed E-state index contributed by atoms with van der Waals surface area (Å²) in [4.78, 5) is 0. The number of hydrogen-bond acceptors (Lipinski definition) is 4. The lowest BCUT2D eigenvalue weighted by atomic mass is 10.2. The summed E-state index contributed by atoms with van der Waals surface area (Å²) < 4.78 is 37.3. The number of rotatable bonds is 3. The van der Waals surface area contributed by atoms with Gasteiger partial charge in [0, 0.05) is 18.2 Å². The highest BCUT2D eigenvalue weighted by Gasteiger charge is 2.12. The summed E-state index contributed by atoms with van der Waals surface area (Å²) in [6.07, 6.45) is 0. The number of hydrogen-bond donors (Lipinski definition) is 1. The molecule has 0 saturated heterocycles. The minimum atomic E-state index is -0.743. The Bertz CT molecular complexity index is 696. The lowest BCUT2D eigenvalue weighted by Crippen LogP contribution is -1.96. The average Bonchev–Trinajstić information content (AvgIpc) is 2.42. The van der Waals surface area contributed by atoms with Crippen LogP contribution in [0.5, 0.6) is 17.2 Å². The summed E-state index contributed by atoms with van der Waals surface area (Å²) in [6.45, 7) is 0. The Morgan fingerprint density at radius 1 is 1.10 bits per heavy atom. The predicted molar refractivity (Wildman–Crippen MR) is 68.6 cm³/mol. The first-order valence-electron chi connectivity index (χ1n) is 5.55.